The number of thiophene rings is 1. The monoisotopic (exact) mass is 458 g/mol. The minimum absolute atomic E-state index is 0.0546. The van der Waals surface area contributed by atoms with Crippen LogP contribution in [0.15, 0.2) is 83.1 Å². The van der Waals surface area contributed by atoms with Gasteiger partial charge < -0.3 is 11.1 Å². The lowest BCUT2D eigenvalue weighted by Gasteiger charge is -2.10. The number of hydrogen-bond acceptors (Lipinski definition) is 6. The summed E-state index contributed by atoms with van der Waals surface area (Å²) < 4.78 is 1.67. The van der Waals surface area contributed by atoms with Gasteiger partial charge in [0.25, 0.3) is 11.5 Å². The molecule has 0 aliphatic heterocycles. The van der Waals surface area contributed by atoms with Gasteiger partial charge in [-0.3, -0.25) is 13.5 Å². The summed E-state index contributed by atoms with van der Waals surface area (Å²) in [6, 6.07) is 20.4. The molecule has 0 aliphatic rings. The maximum absolute atomic E-state index is 12.8. The van der Waals surface area contributed by atoms with Gasteiger partial charge >= 0.3 is 0 Å². The molecule has 2 aromatic carbocycles. The summed E-state index contributed by atoms with van der Waals surface area (Å²) in [5.41, 5.74) is 9.55. The Hall–Kier alpha value is -3.75. The third-order valence-electron chi connectivity index (χ3n) is 5.07. The number of nitrogens with one attached hydrogen (secondary N) is 1. The van der Waals surface area contributed by atoms with Gasteiger partial charge in [-0.25, -0.2) is 4.98 Å². The molecule has 5 aromatic rings. The molecule has 0 aliphatic carbocycles. The highest BCUT2D eigenvalue weighted by molar-refractivity contribution is 7.13. The third kappa shape index (κ3) is 3.93. The maximum Gasteiger partial charge on any atom is 0.270 e. The molecule has 3 N–H and O–H groups in total. The summed E-state index contributed by atoms with van der Waals surface area (Å²) in [6.07, 6.45) is 1.68. The van der Waals surface area contributed by atoms with Crippen molar-refractivity contribution in [3.63, 3.8) is 0 Å². The Morgan fingerprint density at radius 1 is 1.06 bits per heavy atom. The molecule has 5 rings (SSSR count). The van der Waals surface area contributed by atoms with Crippen molar-refractivity contribution in [1.29, 1.82) is 0 Å². The highest BCUT2D eigenvalue weighted by Crippen LogP contribution is 2.30. The van der Waals surface area contributed by atoms with E-state index in [2.05, 4.69) is 10.3 Å². The predicted octanol–water partition coefficient (Wildman–Crippen LogP) is 5.07. The van der Waals surface area contributed by atoms with E-state index in [1.165, 1.54) is 11.5 Å². The zero-order valence-electron chi connectivity index (χ0n) is 16.8. The maximum atomic E-state index is 12.8. The summed E-state index contributed by atoms with van der Waals surface area (Å²) in [7, 11) is 0. The van der Waals surface area contributed by atoms with Gasteiger partial charge in [-0.15, -0.1) is 11.3 Å². The van der Waals surface area contributed by atoms with E-state index in [1.807, 2.05) is 41.8 Å². The number of nitrogen functional groups attached to an aromatic ring is 1. The molecule has 0 atom stereocenters. The van der Waals surface area contributed by atoms with Crippen LogP contribution in [0, 0.1) is 0 Å². The Kier molecular flexibility index (Phi) is 5.30. The Balaban J connectivity index is 1.33. The number of nitrogens with zero attached hydrogens (tertiary/aromatic N) is 2. The first-order valence-electron chi connectivity index (χ1n) is 9.87. The van der Waals surface area contributed by atoms with E-state index >= 15 is 0 Å². The van der Waals surface area contributed by atoms with E-state index in [0.717, 1.165) is 20.8 Å². The average molecular weight is 459 g/mol. The van der Waals surface area contributed by atoms with Gasteiger partial charge in [-0.1, -0.05) is 24.3 Å². The molecule has 0 saturated heterocycles. The SMILES string of the molecule is Nc1ccc(-c2cccs2)cc1NC(=O)c1ccc(Cn2sc3ncccc3c2=O)cc1. The van der Waals surface area contributed by atoms with E-state index in [0.29, 0.717) is 28.9 Å². The predicted molar refractivity (Wildman–Crippen MR) is 132 cm³/mol. The fourth-order valence-electron chi connectivity index (χ4n) is 3.39. The van der Waals surface area contributed by atoms with E-state index in [4.69, 9.17) is 5.73 Å². The second kappa shape index (κ2) is 8.41. The number of pyridine rings is 1. The van der Waals surface area contributed by atoms with Gasteiger partial charge in [0.05, 0.1) is 23.3 Å². The van der Waals surface area contributed by atoms with Crippen molar-refractivity contribution in [3.8, 4) is 10.4 Å². The number of anilines is 2. The van der Waals surface area contributed by atoms with Gasteiger partial charge in [-0.05, 0) is 70.5 Å². The first kappa shape index (κ1) is 20.2. The second-order valence-corrected chi connectivity index (χ2v) is 9.18. The number of fused-ring (bicyclic) bond motifs is 1. The molecule has 0 fully saturated rings. The lowest BCUT2D eigenvalue weighted by atomic mass is 10.1. The van der Waals surface area contributed by atoms with Gasteiger partial charge in [0, 0.05) is 16.6 Å². The summed E-state index contributed by atoms with van der Waals surface area (Å²) in [5.74, 6) is -0.241. The Labute approximate surface area is 191 Å². The number of benzene rings is 2. The van der Waals surface area contributed by atoms with Crippen molar-refractivity contribution in [3.05, 3.63) is 99.8 Å². The first-order valence-corrected chi connectivity index (χ1v) is 11.5. The average Bonchev–Trinajstić information content (AvgIpc) is 3.45. The largest absolute Gasteiger partial charge is 0.397 e. The minimum Gasteiger partial charge on any atom is -0.397 e. The van der Waals surface area contributed by atoms with Crippen molar-refractivity contribution in [2.45, 2.75) is 6.54 Å². The number of carbonyl (C=O) groups is 1. The zero-order valence-corrected chi connectivity index (χ0v) is 18.5. The van der Waals surface area contributed by atoms with Crippen LogP contribution in [0.1, 0.15) is 15.9 Å². The standard InChI is InChI=1S/C24H18N4O2S2/c25-19-10-9-17(21-4-2-12-31-21)13-20(19)27-22(29)16-7-5-15(6-8-16)14-28-24(30)18-3-1-11-26-23(18)32-28/h1-13H,14,25H2,(H,27,29). The molecule has 32 heavy (non-hydrogen) atoms. The molecular formula is C24H18N4O2S2. The summed E-state index contributed by atoms with van der Waals surface area (Å²) >= 11 is 2.96. The van der Waals surface area contributed by atoms with Crippen molar-refractivity contribution in [2.24, 2.45) is 0 Å². The fraction of sp³-hybridized carbons (Fsp3) is 0.0417. The van der Waals surface area contributed by atoms with Crippen LogP contribution in [0.5, 0.6) is 0 Å². The first-order chi connectivity index (χ1) is 15.6. The van der Waals surface area contributed by atoms with E-state index in [1.54, 1.807) is 51.8 Å². The number of aromatic nitrogens is 2. The third-order valence-corrected chi connectivity index (χ3v) is 7.01. The highest BCUT2D eigenvalue weighted by Gasteiger charge is 2.12. The number of hydrogen-bond donors (Lipinski definition) is 2. The normalized spacial score (nSPS) is 11.0. The van der Waals surface area contributed by atoms with Gasteiger partial charge in [0.2, 0.25) is 0 Å². The van der Waals surface area contributed by atoms with Crippen molar-refractivity contribution < 1.29 is 4.79 Å². The van der Waals surface area contributed by atoms with Gasteiger partial charge in [-0.2, -0.15) is 0 Å². The molecule has 158 valence electrons. The van der Waals surface area contributed by atoms with Crippen molar-refractivity contribution >= 4 is 50.4 Å². The molecule has 0 spiro atoms. The molecule has 3 aromatic heterocycles. The number of rotatable bonds is 5. The summed E-state index contributed by atoms with van der Waals surface area (Å²) in [6.45, 7) is 0.428. The van der Waals surface area contributed by atoms with E-state index < -0.39 is 0 Å². The van der Waals surface area contributed by atoms with Gasteiger partial charge in [0.15, 0.2) is 0 Å². The molecule has 3 heterocycles. The van der Waals surface area contributed by atoms with Crippen LogP contribution in [0.2, 0.25) is 0 Å². The molecule has 8 heteroatoms. The number of amides is 1. The lowest BCUT2D eigenvalue weighted by molar-refractivity contribution is 0.102. The minimum atomic E-state index is -0.241. The summed E-state index contributed by atoms with van der Waals surface area (Å²) in [4.78, 5) is 31.4. The highest BCUT2D eigenvalue weighted by atomic mass is 32.1. The van der Waals surface area contributed by atoms with Crippen molar-refractivity contribution in [1.82, 2.24) is 8.94 Å². The second-order valence-electron chi connectivity index (χ2n) is 7.22. The van der Waals surface area contributed by atoms with Crippen LogP contribution in [0.3, 0.4) is 0 Å². The molecule has 0 unspecified atom stereocenters. The number of nitrogens with two attached hydrogens (primary N) is 1. The molecule has 0 bridgehead atoms. The quantitative estimate of drug-likeness (QED) is 0.360. The van der Waals surface area contributed by atoms with Crippen LogP contribution in [-0.2, 0) is 6.54 Å². The lowest BCUT2D eigenvalue weighted by Crippen LogP contribution is -2.15. The summed E-state index contributed by atoms with van der Waals surface area (Å²) in [5, 5.41) is 5.53. The van der Waals surface area contributed by atoms with Crippen LogP contribution in [-0.4, -0.2) is 14.8 Å². The van der Waals surface area contributed by atoms with Crippen LogP contribution >= 0.6 is 22.9 Å². The Morgan fingerprint density at radius 2 is 1.91 bits per heavy atom. The van der Waals surface area contributed by atoms with E-state index in [-0.39, 0.29) is 11.5 Å². The molecular weight excluding hydrogens is 440 g/mol. The zero-order chi connectivity index (χ0) is 22.1. The fourth-order valence-corrected chi connectivity index (χ4v) is 5.08. The van der Waals surface area contributed by atoms with Crippen LogP contribution in [0.4, 0.5) is 11.4 Å². The Bertz CT molecular complexity index is 1470. The molecule has 0 saturated carbocycles. The Morgan fingerprint density at radius 3 is 2.66 bits per heavy atom. The van der Waals surface area contributed by atoms with E-state index in [9.17, 15) is 9.59 Å². The van der Waals surface area contributed by atoms with Crippen LogP contribution < -0.4 is 16.6 Å². The topological polar surface area (TPSA) is 90.0 Å². The number of carbonyl (C=O) groups excluding carboxylic acids is 1. The van der Waals surface area contributed by atoms with Gasteiger partial charge in [0.1, 0.15) is 4.83 Å². The van der Waals surface area contributed by atoms with Crippen molar-refractivity contribution in [2.75, 3.05) is 11.1 Å². The molecule has 6 nitrogen and oxygen atoms in total. The van der Waals surface area contributed by atoms with Crippen LogP contribution in [0.25, 0.3) is 20.7 Å². The molecule has 0 radical (unpaired) electrons. The smallest absolute Gasteiger partial charge is 0.270 e. The molecule has 1 amide bonds.